The first-order chi connectivity index (χ1) is 14.4. The quantitative estimate of drug-likeness (QED) is 0.757. The molecule has 2 amide bonds. The van der Waals surface area contributed by atoms with Crippen LogP contribution in [0.1, 0.15) is 16.8 Å². The number of ether oxygens (including phenoxy) is 3. The normalized spacial score (nSPS) is 27.2. The van der Waals surface area contributed by atoms with Crippen LogP contribution in [-0.2, 0) is 9.53 Å². The van der Waals surface area contributed by atoms with Crippen molar-refractivity contribution in [1.82, 2.24) is 9.80 Å². The molecule has 3 aliphatic rings. The Hall–Kier alpha value is -2.32. The summed E-state index contributed by atoms with van der Waals surface area (Å²) in [5.74, 6) is 2.94. The maximum atomic E-state index is 13.3. The van der Waals surface area contributed by atoms with Gasteiger partial charge in [-0.15, -0.1) is 0 Å². The first kappa shape index (κ1) is 20.9. The molecular formula is C22H31N3O5. The van der Waals surface area contributed by atoms with E-state index < -0.39 is 0 Å². The van der Waals surface area contributed by atoms with Gasteiger partial charge in [0.1, 0.15) is 0 Å². The largest absolute Gasteiger partial charge is 0.493 e. The summed E-state index contributed by atoms with van der Waals surface area (Å²) in [5.41, 5.74) is 0.933. The fourth-order valence-corrected chi connectivity index (χ4v) is 5.36. The third-order valence-electron chi connectivity index (χ3n) is 6.64. The number of carbonyl (C=O) groups excluding carboxylic acids is 2. The number of hydrogen-bond acceptors (Lipinski definition) is 6. The molecule has 2 saturated heterocycles. The summed E-state index contributed by atoms with van der Waals surface area (Å²) in [6.07, 6.45) is 1.15. The highest BCUT2D eigenvalue weighted by Crippen LogP contribution is 2.49. The summed E-state index contributed by atoms with van der Waals surface area (Å²) < 4.78 is 16.6. The maximum absolute atomic E-state index is 13.3. The Labute approximate surface area is 177 Å². The predicted octanol–water partition coefficient (Wildman–Crippen LogP) is 1.56. The first-order valence-corrected chi connectivity index (χ1v) is 10.5. The van der Waals surface area contributed by atoms with E-state index in [0.29, 0.717) is 46.4 Å². The van der Waals surface area contributed by atoms with Crippen LogP contribution in [0, 0.1) is 23.7 Å². The number of amides is 2. The van der Waals surface area contributed by atoms with Gasteiger partial charge in [-0.1, -0.05) is 0 Å². The zero-order valence-corrected chi connectivity index (χ0v) is 18.1. The molecule has 1 aromatic rings. The van der Waals surface area contributed by atoms with Gasteiger partial charge in [-0.2, -0.15) is 0 Å². The number of methoxy groups -OCH3 is 2. The number of likely N-dealkylation sites (N-methyl/N-ethyl adjacent to an activating group) is 1. The highest BCUT2D eigenvalue weighted by molar-refractivity contribution is 6.00. The average molecular weight is 418 g/mol. The van der Waals surface area contributed by atoms with E-state index in [1.807, 2.05) is 19.0 Å². The molecule has 0 aromatic heterocycles. The number of benzene rings is 1. The summed E-state index contributed by atoms with van der Waals surface area (Å²) in [7, 11) is 6.68. The van der Waals surface area contributed by atoms with E-state index in [4.69, 9.17) is 14.2 Å². The van der Waals surface area contributed by atoms with Crippen LogP contribution in [0.5, 0.6) is 11.5 Å². The lowest BCUT2D eigenvalue weighted by Crippen LogP contribution is -2.31. The minimum absolute atomic E-state index is 0.0380. The second-order valence-electron chi connectivity index (χ2n) is 8.88. The molecule has 30 heavy (non-hydrogen) atoms. The third-order valence-corrected chi connectivity index (χ3v) is 6.64. The summed E-state index contributed by atoms with van der Waals surface area (Å²) in [5, 5.41) is 2.85. The van der Waals surface area contributed by atoms with Crippen molar-refractivity contribution in [3.05, 3.63) is 17.7 Å². The highest BCUT2D eigenvalue weighted by atomic mass is 16.5. The molecule has 8 nitrogen and oxygen atoms in total. The van der Waals surface area contributed by atoms with Crippen molar-refractivity contribution in [3.63, 3.8) is 0 Å². The average Bonchev–Trinajstić information content (AvgIpc) is 3.38. The smallest absolute Gasteiger partial charge is 0.254 e. The van der Waals surface area contributed by atoms with Gasteiger partial charge in [0, 0.05) is 25.3 Å². The molecule has 0 radical (unpaired) electrons. The van der Waals surface area contributed by atoms with Gasteiger partial charge in [-0.25, -0.2) is 0 Å². The van der Waals surface area contributed by atoms with Gasteiger partial charge >= 0.3 is 0 Å². The molecule has 1 aliphatic carbocycles. The summed E-state index contributed by atoms with van der Waals surface area (Å²) in [6.45, 7) is 3.48. The Kier molecular flexibility index (Phi) is 5.88. The van der Waals surface area contributed by atoms with Crippen molar-refractivity contribution in [2.24, 2.45) is 23.7 Å². The van der Waals surface area contributed by atoms with Gasteiger partial charge in [-0.3, -0.25) is 9.59 Å². The van der Waals surface area contributed by atoms with Crippen LogP contribution in [0.25, 0.3) is 0 Å². The molecule has 4 rings (SSSR count). The Morgan fingerprint density at radius 3 is 2.63 bits per heavy atom. The molecule has 164 valence electrons. The van der Waals surface area contributed by atoms with Crippen molar-refractivity contribution >= 4 is 17.5 Å². The van der Waals surface area contributed by atoms with Crippen LogP contribution in [0.15, 0.2) is 12.1 Å². The SMILES string of the molecule is COc1cc(C(=O)N2C[C@@H]3C[C@@H]4COC[C@@H]4[C@@H]3C2)cc(NC(=O)CN(C)C)c1OC. The molecule has 2 heterocycles. The van der Waals surface area contributed by atoms with Gasteiger partial charge in [0.05, 0.1) is 33.1 Å². The van der Waals surface area contributed by atoms with Crippen LogP contribution >= 0.6 is 0 Å². The fraction of sp³-hybridized carbons (Fsp3) is 0.636. The third kappa shape index (κ3) is 3.86. The number of nitrogens with zero attached hydrogens (tertiary/aromatic N) is 2. The van der Waals surface area contributed by atoms with Crippen LogP contribution < -0.4 is 14.8 Å². The molecule has 0 unspecified atom stereocenters. The number of anilines is 1. The number of fused-ring (bicyclic) bond motifs is 3. The minimum Gasteiger partial charge on any atom is -0.493 e. The lowest BCUT2D eigenvalue weighted by molar-refractivity contribution is -0.116. The molecule has 0 spiro atoms. The number of hydrogen-bond donors (Lipinski definition) is 1. The lowest BCUT2D eigenvalue weighted by atomic mass is 9.91. The van der Waals surface area contributed by atoms with Crippen molar-refractivity contribution in [2.45, 2.75) is 6.42 Å². The topological polar surface area (TPSA) is 80.3 Å². The fourth-order valence-electron chi connectivity index (χ4n) is 5.36. The molecule has 2 aliphatic heterocycles. The van der Waals surface area contributed by atoms with E-state index >= 15 is 0 Å². The Balaban J connectivity index is 1.55. The number of nitrogens with one attached hydrogen (secondary N) is 1. The number of rotatable bonds is 6. The minimum atomic E-state index is -0.187. The zero-order valence-electron chi connectivity index (χ0n) is 18.1. The van der Waals surface area contributed by atoms with E-state index in [9.17, 15) is 9.59 Å². The van der Waals surface area contributed by atoms with Crippen molar-refractivity contribution in [1.29, 1.82) is 0 Å². The molecule has 3 fully saturated rings. The Morgan fingerprint density at radius 1 is 1.13 bits per heavy atom. The Bertz CT molecular complexity index is 827. The first-order valence-electron chi connectivity index (χ1n) is 10.5. The maximum Gasteiger partial charge on any atom is 0.254 e. The van der Waals surface area contributed by atoms with Crippen molar-refractivity contribution in [3.8, 4) is 11.5 Å². The number of carbonyl (C=O) groups is 2. The van der Waals surface area contributed by atoms with Crippen molar-refractivity contribution in [2.75, 3.05) is 66.5 Å². The van der Waals surface area contributed by atoms with Gasteiger partial charge in [-0.05, 0) is 56.3 Å². The summed E-state index contributed by atoms with van der Waals surface area (Å²) in [6, 6.07) is 3.38. The van der Waals surface area contributed by atoms with Crippen molar-refractivity contribution < 1.29 is 23.8 Å². The monoisotopic (exact) mass is 417 g/mol. The van der Waals surface area contributed by atoms with Gasteiger partial charge in [0.15, 0.2) is 11.5 Å². The standard InChI is InChI=1S/C22H31N3O5/c1-24(2)10-20(26)23-18-6-13(7-19(28-3)21(18)29-4)22(27)25-8-14-5-15-11-30-12-17(15)16(14)9-25/h6-7,14-17H,5,8-12H2,1-4H3,(H,23,26)/t14-,15+,16+,17-/m0/s1. The highest BCUT2D eigenvalue weighted by Gasteiger charge is 2.51. The van der Waals surface area contributed by atoms with Gasteiger partial charge in [0.25, 0.3) is 5.91 Å². The molecular weight excluding hydrogens is 386 g/mol. The summed E-state index contributed by atoms with van der Waals surface area (Å²) in [4.78, 5) is 29.4. The summed E-state index contributed by atoms with van der Waals surface area (Å²) >= 11 is 0. The van der Waals surface area contributed by atoms with Crippen LogP contribution in [0.3, 0.4) is 0 Å². The van der Waals surface area contributed by atoms with E-state index in [-0.39, 0.29) is 18.4 Å². The van der Waals surface area contributed by atoms with E-state index in [2.05, 4.69) is 5.32 Å². The number of likely N-dealkylation sites (tertiary alicyclic amines) is 1. The molecule has 1 saturated carbocycles. The van der Waals surface area contributed by atoms with E-state index in [0.717, 1.165) is 32.7 Å². The second kappa shape index (κ2) is 8.43. The molecule has 8 heteroatoms. The molecule has 1 aromatic carbocycles. The van der Waals surface area contributed by atoms with Crippen LogP contribution in [0.4, 0.5) is 5.69 Å². The molecule has 0 bridgehead atoms. The van der Waals surface area contributed by atoms with Crippen LogP contribution in [-0.4, -0.2) is 82.8 Å². The van der Waals surface area contributed by atoms with Gasteiger partial charge in [0.2, 0.25) is 5.91 Å². The molecule has 4 atom stereocenters. The predicted molar refractivity (Wildman–Crippen MR) is 112 cm³/mol. The van der Waals surface area contributed by atoms with E-state index in [1.165, 1.54) is 14.2 Å². The second-order valence-corrected chi connectivity index (χ2v) is 8.88. The van der Waals surface area contributed by atoms with Gasteiger partial charge < -0.3 is 29.3 Å². The molecule has 1 N–H and O–H groups in total. The lowest BCUT2D eigenvalue weighted by Gasteiger charge is -2.22. The Morgan fingerprint density at radius 2 is 1.93 bits per heavy atom. The zero-order chi connectivity index (χ0) is 21.4. The van der Waals surface area contributed by atoms with E-state index in [1.54, 1.807) is 17.0 Å². The van der Waals surface area contributed by atoms with Crippen LogP contribution in [0.2, 0.25) is 0 Å².